The van der Waals surface area contributed by atoms with Crippen molar-refractivity contribution < 1.29 is 9.53 Å². The summed E-state index contributed by atoms with van der Waals surface area (Å²) in [5, 5.41) is 4.59. The van der Waals surface area contributed by atoms with E-state index in [1.54, 1.807) is 18.4 Å². The highest BCUT2D eigenvalue weighted by Gasteiger charge is 2.17. The second kappa shape index (κ2) is 6.23. The Hall–Kier alpha value is -2.03. The van der Waals surface area contributed by atoms with E-state index in [9.17, 15) is 4.79 Å². The highest BCUT2D eigenvalue weighted by molar-refractivity contribution is 7.18. The van der Waals surface area contributed by atoms with Crippen LogP contribution >= 0.6 is 22.7 Å². The predicted octanol–water partition coefficient (Wildman–Crippen LogP) is 3.09. The second-order valence-corrected chi connectivity index (χ2v) is 7.45. The topological polar surface area (TPSA) is 90.1 Å². The summed E-state index contributed by atoms with van der Waals surface area (Å²) in [5.41, 5.74) is 7.45. The molecule has 0 aliphatic heterocycles. The van der Waals surface area contributed by atoms with Gasteiger partial charge in [0, 0.05) is 17.5 Å². The molecule has 2 heterocycles. The van der Waals surface area contributed by atoms with Gasteiger partial charge >= 0.3 is 0 Å². The molecule has 23 heavy (non-hydrogen) atoms. The lowest BCUT2D eigenvalue weighted by Gasteiger charge is -2.09. The second-order valence-electron chi connectivity index (χ2n) is 4.92. The van der Waals surface area contributed by atoms with Gasteiger partial charge in [0.25, 0.3) is 5.91 Å². The number of aromatic nitrogens is 2. The SMILES string of the molecule is COc1cc2nc(C)sc2cc1NC(=O)c1nc(CN)sc1C. The molecule has 6 nitrogen and oxygen atoms in total. The van der Waals surface area contributed by atoms with Gasteiger partial charge in [-0.2, -0.15) is 0 Å². The van der Waals surface area contributed by atoms with Gasteiger partial charge in [-0.3, -0.25) is 4.79 Å². The number of thiazole rings is 2. The van der Waals surface area contributed by atoms with Crippen molar-refractivity contribution >= 4 is 44.5 Å². The molecule has 0 bridgehead atoms. The first-order valence-electron chi connectivity index (χ1n) is 6.94. The lowest BCUT2D eigenvalue weighted by Crippen LogP contribution is -2.14. The molecule has 0 unspecified atom stereocenters. The van der Waals surface area contributed by atoms with Crippen LogP contribution in [0.5, 0.6) is 5.75 Å². The van der Waals surface area contributed by atoms with Gasteiger partial charge in [0.15, 0.2) is 0 Å². The molecule has 0 aliphatic carbocycles. The lowest BCUT2D eigenvalue weighted by molar-refractivity contribution is 0.102. The number of rotatable bonds is 4. The number of benzene rings is 1. The van der Waals surface area contributed by atoms with Gasteiger partial charge in [0.1, 0.15) is 16.5 Å². The van der Waals surface area contributed by atoms with Crippen LogP contribution in [0.25, 0.3) is 10.2 Å². The van der Waals surface area contributed by atoms with Crippen LogP contribution in [-0.2, 0) is 6.54 Å². The number of methoxy groups -OCH3 is 1. The van der Waals surface area contributed by atoms with Crippen LogP contribution in [0.2, 0.25) is 0 Å². The fourth-order valence-corrected chi connectivity index (χ4v) is 3.92. The quantitative estimate of drug-likeness (QED) is 0.756. The van der Waals surface area contributed by atoms with E-state index in [2.05, 4.69) is 15.3 Å². The van der Waals surface area contributed by atoms with Gasteiger partial charge in [-0.05, 0) is 19.9 Å². The van der Waals surface area contributed by atoms with Gasteiger partial charge in [0.2, 0.25) is 0 Å². The summed E-state index contributed by atoms with van der Waals surface area (Å²) in [7, 11) is 1.57. The maximum absolute atomic E-state index is 12.5. The number of amides is 1. The zero-order valence-corrected chi connectivity index (χ0v) is 14.6. The minimum absolute atomic E-state index is 0.266. The number of ether oxygens (including phenoxy) is 1. The van der Waals surface area contributed by atoms with Crippen molar-refractivity contribution in [2.75, 3.05) is 12.4 Å². The van der Waals surface area contributed by atoms with E-state index in [4.69, 9.17) is 10.5 Å². The van der Waals surface area contributed by atoms with Crippen LogP contribution < -0.4 is 15.8 Å². The van der Waals surface area contributed by atoms with Gasteiger partial charge in [-0.15, -0.1) is 22.7 Å². The zero-order chi connectivity index (χ0) is 16.6. The standard InChI is InChI=1S/C15H16N4O2S2/c1-7-14(19-13(6-16)22-7)15(20)18-9-5-12-10(4-11(9)21-3)17-8(2)23-12/h4-5H,6,16H2,1-3H3,(H,18,20). The van der Waals surface area contributed by atoms with Crippen molar-refractivity contribution in [3.8, 4) is 5.75 Å². The number of nitrogens with zero attached hydrogens (tertiary/aromatic N) is 2. The first-order valence-corrected chi connectivity index (χ1v) is 8.58. The van der Waals surface area contributed by atoms with Crippen molar-refractivity contribution in [1.29, 1.82) is 0 Å². The van der Waals surface area contributed by atoms with Crippen molar-refractivity contribution in [2.24, 2.45) is 5.73 Å². The summed E-state index contributed by atoms with van der Waals surface area (Å²) in [6.45, 7) is 4.13. The fourth-order valence-electron chi connectivity index (χ4n) is 2.27. The minimum Gasteiger partial charge on any atom is -0.494 e. The molecule has 0 aliphatic rings. The molecule has 0 radical (unpaired) electrons. The largest absolute Gasteiger partial charge is 0.494 e. The molecule has 0 fully saturated rings. The Morgan fingerprint density at radius 1 is 1.30 bits per heavy atom. The molecule has 3 N–H and O–H groups in total. The van der Waals surface area contributed by atoms with E-state index in [1.807, 2.05) is 26.0 Å². The Balaban J connectivity index is 1.96. The number of hydrogen-bond acceptors (Lipinski definition) is 7. The summed E-state index contributed by atoms with van der Waals surface area (Å²) in [6, 6.07) is 3.70. The average molecular weight is 348 g/mol. The Morgan fingerprint density at radius 3 is 2.74 bits per heavy atom. The summed E-state index contributed by atoms with van der Waals surface area (Å²) in [4.78, 5) is 22.0. The first kappa shape index (κ1) is 15.9. The van der Waals surface area contributed by atoms with E-state index in [-0.39, 0.29) is 5.91 Å². The summed E-state index contributed by atoms with van der Waals surface area (Å²) in [5.74, 6) is 0.306. The van der Waals surface area contributed by atoms with E-state index in [1.165, 1.54) is 11.3 Å². The Morgan fingerprint density at radius 2 is 2.09 bits per heavy atom. The number of carbonyl (C=O) groups is 1. The van der Waals surface area contributed by atoms with Crippen LogP contribution in [0, 0.1) is 13.8 Å². The number of aryl methyl sites for hydroxylation is 2. The number of fused-ring (bicyclic) bond motifs is 1. The number of anilines is 1. The number of nitrogens with one attached hydrogen (secondary N) is 1. The number of carbonyl (C=O) groups excluding carboxylic acids is 1. The predicted molar refractivity (Wildman–Crippen MR) is 93.6 cm³/mol. The highest BCUT2D eigenvalue weighted by Crippen LogP contribution is 2.33. The summed E-state index contributed by atoms with van der Waals surface area (Å²) >= 11 is 3.00. The molecule has 3 rings (SSSR count). The van der Waals surface area contributed by atoms with E-state index < -0.39 is 0 Å². The molecule has 0 saturated heterocycles. The van der Waals surface area contributed by atoms with Crippen LogP contribution in [-0.4, -0.2) is 23.0 Å². The normalized spacial score (nSPS) is 11.0. The smallest absolute Gasteiger partial charge is 0.275 e. The van der Waals surface area contributed by atoms with Crippen molar-refractivity contribution in [3.63, 3.8) is 0 Å². The average Bonchev–Trinajstić information content (AvgIpc) is 3.07. The maximum atomic E-state index is 12.5. The third-order valence-corrected chi connectivity index (χ3v) is 5.22. The first-order chi connectivity index (χ1) is 11.0. The van der Waals surface area contributed by atoms with Crippen LogP contribution in [0.4, 0.5) is 5.69 Å². The van der Waals surface area contributed by atoms with Gasteiger partial charge in [-0.25, -0.2) is 9.97 Å². The van der Waals surface area contributed by atoms with Crippen LogP contribution in [0.15, 0.2) is 12.1 Å². The molecule has 120 valence electrons. The molecular weight excluding hydrogens is 332 g/mol. The van der Waals surface area contributed by atoms with Crippen molar-refractivity contribution in [3.05, 3.63) is 32.7 Å². The minimum atomic E-state index is -0.266. The third kappa shape index (κ3) is 3.05. The molecule has 0 spiro atoms. The van der Waals surface area contributed by atoms with E-state index >= 15 is 0 Å². The summed E-state index contributed by atoms with van der Waals surface area (Å²) in [6.07, 6.45) is 0. The molecule has 1 aromatic carbocycles. The molecule has 3 aromatic rings. The van der Waals surface area contributed by atoms with Gasteiger partial charge in [-0.1, -0.05) is 0 Å². The van der Waals surface area contributed by atoms with Crippen molar-refractivity contribution in [2.45, 2.75) is 20.4 Å². The van der Waals surface area contributed by atoms with Crippen molar-refractivity contribution in [1.82, 2.24) is 9.97 Å². The maximum Gasteiger partial charge on any atom is 0.275 e. The summed E-state index contributed by atoms with van der Waals surface area (Å²) < 4.78 is 6.36. The van der Waals surface area contributed by atoms with Gasteiger partial charge < -0.3 is 15.8 Å². The molecule has 1 amide bonds. The fraction of sp³-hybridized carbons (Fsp3) is 0.267. The zero-order valence-electron chi connectivity index (χ0n) is 13.0. The third-order valence-electron chi connectivity index (χ3n) is 3.30. The number of nitrogens with two attached hydrogens (primary N) is 1. The molecular formula is C15H16N4O2S2. The highest BCUT2D eigenvalue weighted by atomic mass is 32.1. The van der Waals surface area contributed by atoms with Crippen LogP contribution in [0.3, 0.4) is 0 Å². The molecule has 0 atom stereocenters. The Labute approximate surface area is 141 Å². The lowest BCUT2D eigenvalue weighted by atomic mass is 10.2. The van der Waals surface area contributed by atoms with Gasteiger partial charge in [0.05, 0.1) is 28.0 Å². The monoisotopic (exact) mass is 348 g/mol. The Kier molecular flexibility index (Phi) is 4.29. The molecule has 8 heteroatoms. The van der Waals surface area contributed by atoms with E-state index in [0.29, 0.717) is 23.7 Å². The Bertz CT molecular complexity index is 885. The van der Waals surface area contributed by atoms with E-state index in [0.717, 1.165) is 25.1 Å². The molecule has 2 aromatic heterocycles. The molecule has 0 saturated carbocycles. The van der Waals surface area contributed by atoms with Crippen LogP contribution in [0.1, 0.15) is 25.4 Å². The number of hydrogen-bond donors (Lipinski definition) is 2.